The summed E-state index contributed by atoms with van der Waals surface area (Å²) >= 11 is 1.18. The van der Waals surface area contributed by atoms with Gasteiger partial charge in [-0.05, 0) is 24.3 Å². The SMILES string of the molecule is CNC(=O)COC(=O)C1CCN(S(=O)(=O)c2cccs2)CC1. The van der Waals surface area contributed by atoms with E-state index < -0.39 is 16.0 Å². The van der Waals surface area contributed by atoms with E-state index in [4.69, 9.17) is 4.74 Å². The van der Waals surface area contributed by atoms with Crippen LogP contribution in [0.5, 0.6) is 0 Å². The summed E-state index contributed by atoms with van der Waals surface area (Å²) in [6.45, 7) is 0.253. The minimum absolute atomic E-state index is 0.278. The van der Waals surface area contributed by atoms with Crippen LogP contribution in [0.3, 0.4) is 0 Å². The highest BCUT2D eigenvalue weighted by Crippen LogP contribution is 2.26. The van der Waals surface area contributed by atoms with E-state index >= 15 is 0 Å². The second-order valence-corrected chi connectivity index (χ2v) is 8.00. The van der Waals surface area contributed by atoms with Crippen LogP contribution in [-0.4, -0.2) is 51.3 Å². The Morgan fingerprint density at radius 3 is 2.64 bits per heavy atom. The molecule has 1 amide bonds. The van der Waals surface area contributed by atoms with Crippen LogP contribution in [0.4, 0.5) is 0 Å². The van der Waals surface area contributed by atoms with E-state index in [-0.39, 0.29) is 31.5 Å². The molecule has 122 valence electrons. The fourth-order valence-electron chi connectivity index (χ4n) is 2.20. The van der Waals surface area contributed by atoms with Crippen LogP contribution in [0.1, 0.15) is 12.8 Å². The van der Waals surface area contributed by atoms with Gasteiger partial charge in [0.1, 0.15) is 4.21 Å². The highest BCUT2D eigenvalue weighted by Gasteiger charge is 2.33. The quantitative estimate of drug-likeness (QED) is 0.781. The third kappa shape index (κ3) is 3.84. The lowest BCUT2D eigenvalue weighted by Gasteiger charge is -2.29. The molecule has 0 unspecified atom stereocenters. The van der Waals surface area contributed by atoms with Crippen LogP contribution >= 0.6 is 11.3 Å². The number of nitrogens with zero attached hydrogens (tertiary/aromatic N) is 1. The van der Waals surface area contributed by atoms with Crippen molar-refractivity contribution in [3.8, 4) is 0 Å². The van der Waals surface area contributed by atoms with Crippen molar-refractivity contribution >= 4 is 33.2 Å². The number of nitrogens with one attached hydrogen (secondary N) is 1. The maximum absolute atomic E-state index is 12.3. The van der Waals surface area contributed by atoms with E-state index in [1.54, 1.807) is 17.5 Å². The van der Waals surface area contributed by atoms with Gasteiger partial charge >= 0.3 is 5.97 Å². The Labute approximate surface area is 133 Å². The van der Waals surface area contributed by atoms with Gasteiger partial charge in [-0.1, -0.05) is 6.07 Å². The molecule has 1 fully saturated rings. The summed E-state index contributed by atoms with van der Waals surface area (Å²) in [6, 6.07) is 3.27. The van der Waals surface area contributed by atoms with Crippen LogP contribution in [0.2, 0.25) is 0 Å². The molecule has 7 nitrogen and oxygen atoms in total. The number of ether oxygens (including phenoxy) is 1. The Bertz CT molecular complexity index is 619. The van der Waals surface area contributed by atoms with E-state index in [9.17, 15) is 18.0 Å². The van der Waals surface area contributed by atoms with Crippen LogP contribution < -0.4 is 5.32 Å². The summed E-state index contributed by atoms with van der Waals surface area (Å²) in [5.74, 6) is -1.18. The summed E-state index contributed by atoms with van der Waals surface area (Å²) in [5.41, 5.74) is 0. The summed E-state index contributed by atoms with van der Waals surface area (Å²) in [7, 11) is -2.00. The van der Waals surface area contributed by atoms with Crippen LogP contribution in [0.25, 0.3) is 0 Å². The number of rotatable bonds is 5. The Morgan fingerprint density at radius 2 is 2.09 bits per heavy atom. The number of piperidine rings is 1. The van der Waals surface area contributed by atoms with Crippen molar-refractivity contribution in [1.82, 2.24) is 9.62 Å². The standard InChI is InChI=1S/C13H18N2O5S2/c1-14-11(16)9-20-13(17)10-4-6-15(7-5-10)22(18,19)12-3-2-8-21-12/h2-3,8,10H,4-7,9H2,1H3,(H,14,16). The first-order valence-electron chi connectivity index (χ1n) is 6.86. The molecular weight excluding hydrogens is 328 g/mol. The van der Waals surface area contributed by atoms with E-state index in [2.05, 4.69) is 5.32 Å². The van der Waals surface area contributed by atoms with E-state index in [1.165, 1.54) is 22.7 Å². The van der Waals surface area contributed by atoms with E-state index in [1.807, 2.05) is 0 Å². The average molecular weight is 346 g/mol. The molecule has 0 saturated carbocycles. The fourth-order valence-corrected chi connectivity index (χ4v) is 4.81. The lowest BCUT2D eigenvalue weighted by molar-refractivity contribution is -0.153. The van der Waals surface area contributed by atoms with Crippen molar-refractivity contribution in [3.05, 3.63) is 17.5 Å². The Balaban J connectivity index is 1.88. The Hall–Kier alpha value is -1.45. The molecule has 1 aromatic heterocycles. The van der Waals surface area contributed by atoms with Crippen LogP contribution in [-0.2, 0) is 24.3 Å². The largest absolute Gasteiger partial charge is 0.455 e. The molecule has 1 N–H and O–H groups in total. The molecular formula is C13H18N2O5S2. The van der Waals surface area contributed by atoms with Crippen molar-refractivity contribution < 1.29 is 22.7 Å². The second-order valence-electron chi connectivity index (χ2n) is 4.89. The number of carbonyl (C=O) groups is 2. The van der Waals surface area contributed by atoms with Gasteiger partial charge in [-0.15, -0.1) is 11.3 Å². The van der Waals surface area contributed by atoms with Gasteiger partial charge in [0.15, 0.2) is 6.61 Å². The topological polar surface area (TPSA) is 92.8 Å². The predicted octanol–water partition coefficient (Wildman–Crippen LogP) is 0.438. The van der Waals surface area contributed by atoms with Crippen molar-refractivity contribution in [1.29, 1.82) is 0 Å². The number of sulfonamides is 1. The maximum atomic E-state index is 12.3. The van der Waals surface area contributed by atoms with Crippen LogP contribution in [0.15, 0.2) is 21.7 Å². The molecule has 1 aromatic rings. The summed E-state index contributed by atoms with van der Waals surface area (Å²) in [6.07, 6.45) is 0.800. The number of hydrogen-bond donors (Lipinski definition) is 1. The van der Waals surface area contributed by atoms with Gasteiger partial charge in [0.25, 0.3) is 15.9 Å². The third-order valence-corrected chi connectivity index (χ3v) is 6.77. The number of amides is 1. The minimum atomic E-state index is -3.46. The zero-order valence-corrected chi connectivity index (χ0v) is 13.8. The fraction of sp³-hybridized carbons (Fsp3) is 0.538. The molecule has 0 aromatic carbocycles. The molecule has 22 heavy (non-hydrogen) atoms. The number of carbonyl (C=O) groups excluding carboxylic acids is 2. The zero-order chi connectivity index (χ0) is 16.2. The normalized spacial score (nSPS) is 17.1. The molecule has 1 aliphatic rings. The Kier molecular flexibility index (Phi) is 5.54. The first-order valence-corrected chi connectivity index (χ1v) is 9.18. The van der Waals surface area contributed by atoms with Crippen molar-refractivity contribution in [2.45, 2.75) is 17.1 Å². The molecule has 1 saturated heterocycles. The summed E-state index contributed by atoms with van der Waals surface area (Å²) in [4.78, 5) is 22.9. The number of hydrogen-bond acceptors (Lipinski definition) is 6. The van der Waals surface area contributed by atoms with Crippen molar-refractivity contribution in [3.63, 3.8) is 0 Å². The molecule has 1 aliphatic heterocycles. The van der Waals surface area contributed by atoms with Gasteiger partial charge in [-0.2, -0.15) is 4.31 Å². The number of likely N-dealkylation sites (N-methyl/N-ethyl adjacent to an activating group) is 1. The summed E-state index contributed by atoms with van der Waals surface area (Å²) < 4.78 is 31.3. The van der Waals surface area contributed by atoms with Crippen molar-refractivity contribution in [2.24, 2.45) is 5.92 Å². The maximum Gasteiger partial charge on any atom is 0.309 e. The molecule has 0 radical (unpaired) electrons. The minimum Gasteiger partial charge on any atom is -0.455 e. The lowest BCUT2D eigenvalue weighted by atomic mass is 9.98. The Morgan fingerprint density at radius 1 is 1.41 bits per heavy atom. The zero-order valence-electron chi connectivity index (χ0n) is 12.1. The van der Waals surface area contributed by atoms with E-state index in [0.29, 0.717) is 17.1 Å². The molecule has 0 spiro atoms. The number of esters is 1. The van der Waals surface area contributed by atoms with Crippen LogP contribution in [0, 0.1) is 5.92 Å². The van der Waals surface area contributed by atoms with E-state index in [0.717, 1.165) is 0 Å². The smallest absolute Gasteiger partial charge is 0.309 e. The van der Waals surface area contributed by atoms with Gasteiger partial charge in [0, 0.05) is 20.1 Å². The monoisotopic (exact) mass is 346 g/mol. The molecule has 0 atom stereocenters. The first-order chi connectivity index (χ1) is 10.4. The molecule has 0 aliphatic carbocycles. The predicted molar refractivity (Wildman–Crippen MR) is 80.8 cm³/mol. The average Bonchev–Trinajstić information content (AvgIpc) is 3.07. The molecule has 9 heteroatoms. The number of thiophene rings is 1. The first kappa shape index (κ1) is 16.9. The van der Waals surface area contributed by atoms with Crippen molar-refractivity contribution in [2.75, 3.05) is 26.7 Å². The van der Waals surface area contributed by atoms with Gasteiger partial charge in [-0.3, -0.25) is 9.59 Å². The molecule has 0 bridgehead atoms. The highest BCUT2D eigenvalue weighted by atomic mass is 32.2. The highest BCUT2D eigenvalue weighted by molar-refractivity contribution is 7.91. The summed E-state index contributed by atoms with van der Waals surface area (Å²) in [5, 5.41) is 4.08. The van der Waals surface area contributed by atoms with Gasteiger partial charge < -0.3 is 10.1 Å². The van der Waals surface area contributed by atoms with Gasteiger partial charge in [-0.25, -0.2) is 8.42 Å². The second kappa shape index (κ2) is 7.21. The lowest BCUT2D eigenvalue weighted by Crippen LogP contribution is -2.40. The molecule has 2 rings (SSSR count). The molecule has 2 heterocycles. The van der Waals surface area contributed by atoms with Gasteiger partial charge in [0.2, 0.25) is 0 Å². The third-order valence-electron chi connectivity index (χ3n) is 3.50. The van der Waals surface area contributed by atoms with Gasteiger partial charge in [0.05, 0.1) is 5.92 Å².